The number of nitrogens with zero attached hydrogens (tertiary/aromatic N) is 1. The predicted molar refractivity (Wildman–Crippen MR) is 74.9 cm³/mol. The summed E-state index contributed by atoms with van der Waals surface area (Å²) in [6, 6.07) is 6.01. The second kappa shape index (κ2) is 5.89. The number of nitro benzene ring substituents is 1. The monoisotopic (exact) mass is 332 g/mol. The molecule has 2 N–H and O–H groups in total. The lowest BCUT2D eigenvalue weighted by Crippen LogP contribution is -2.28. The highest BCUT2D eigenvalue weighted by Crippen LogP contribution is 2.41. The molecule has 1 saturated heterocycles. The van der Waals surface area contributed by atoms with Gasteiger partial charge in [-0.15, -0.1) is 0 Å². The molecule has 9 nitrogen and oxygen atoms in total. The first-order valence-electron chi connectivity index (χ1n) is 6.35. The minimum Gasteiger partial charge on any atom is -0.342 e. The fourth-order valence-corrected chi connectivity index (χ4v) is 2.60. The van der Waals surface area contributed by atoms with Gasteiger partial charge in [-0.05, 0) is 19.9 Å². The van der Waals surface area contributed by atoms with Crippen molar-refractivity contribution in [3.05, 3.63) is 39.9 Å². The molecule has 1 aliphatic rings. The summed E-state index contributed by atoms with van der Waals surface area (Å²) in [5.41, 5.74) is 0.135. The Morgan fingerprint density at radius 3 is 2.59 bits per heavy atom. The zero-order chi connectivity index (χ0) is 16.5. The lowest BCUT2D eigenvalue weighted by molar-refractivity contribution is -0.386. The average Bonchev–Trinajstić information content (AvgIpc) is 2.71. The van der Waals surface area contributed by atoms with E-state index in [9.17, 15) is 18.5 Å². The predicted octanol–water partition coefficient (Wildman–Crippen LogP) is 1.01. The van der Waals surface area contributed by atoms with Crippen LogP contribution in [-0.4, -0.2) is 31.8 Å². The van der Waals surface area contributed by atoms with Crippen molar-refractivity contribution < 1.29 is 27.0 Å². The molecule has 0 amide bonds. The molecule has 1 aromatic carbocycles. The topological polar surface area (TPSA) is 131 Å². The molecule has 0 aromatic heterocycles. The van der Waals surface area contributed by atoms with E-state index in [0.29, 0.717) is 0 Å². The number of nitro groups is 1. The molecule has 2 unspecified atom stereocenters. The Hall–Kier alpha value is -1.59. The van der Waals surface area contributed by atoms with Crippen molar-refractivity contribution in [1.82, 2.24) is 0 Å². The third kappa shape index (κ3) is 3.99. The normalized spacial score (nSPS) is 24.3. The van der Waals surface area contributed by atoms with E-state index in [1.54, 1.807) is 19.9 Å². The lowest BCUT2D eigenvalue weighted by atomic mass is 10.0. The number of ether oxygens (including phenoxy) is 2. The second-order valence-electron chi connectivity index (χ2n) is 5.19. The first-order valence-corrected chi connectivity index (χ1v) is 7.82. The van der Waals surface area contributed by atoms with E-state index in [0.717, 1.165) is 0 Å². The molecule has 0 radical (unpaired) electrons. The Bertz CT molecular complexity index is 674. The summed E-state index contributed by atoms with van der Waals surface area (Å²) in [7, 11) is -4.15. The molecule has 1 fully saturated rings. The van der Waals surface area contributed by atoms with E-state index in [2.05, 4.69) is 4.18 Å². The zero-order valence-electron chi connectivity index (χ0n) is 12.0. The highest BCUT2D eigenvalue weighted by Gasteiger charge is 2.44. The van der Waals surface area contributed by atoms with E-state index in [1.807, 2.05) is 0 Å². The van der Waals surface area contributed by atoms with E-state index < -0.39 is 39.8 Å². The summed E-state index contributed by atoms with van der Waals surface area (Å²) in [5, 5.41) is 15.9. The third-order valence-electron chi connectivity index (χ3n) is 3.02. The van der Waals surface area contributed by atoms with Crippen LogP contribution in [0.25, 0.3) is 0 Å². The maximum absolute atomic E-state index is 11.1. The average molecular weight is 332 g/mol. The van der Waals surface area contributed by atoms with Crippen molar-refractivity contribution in [2.75, 3.05) is 6.61 Å². The van der Waals surface area contributed by atoms with Gasteiger partial charge in [0, 0.05) is 6.07 Å². The zero-order valence-corrected chi connectivity index (χ0v) is 12.8. The van der Waals surface area contributed by atoms with Crippen LogP contribution in [0.5, 0.6) is 0 Å². The highest BCUT2D eigenvalue weighted by atomic mass is 32.2. The lowest BCUT2D eigenvalue weighted by Gasteiger charge is -2.16. The fourth-order valence-electron chi connectivity index (χ4n) is 2.28. The fraction of sp³-hybridized carbons (Fsp3) is 0.500. The first-order chi connectivity index (χ1) is 10.1. The molecule has 22 heavy (non-hydrogen) atoms. The molecule has 10 heteroatoms. The van der Waals surface area contributed by atoms with Crippen molar-refractivity contribution in [2.45, 2.75) is 31.8 Å². The summed E-state index contributed by atoms with van der Waals surface area (Å²) in [6.07, 6.45) is -1.70. The van der Waals surface area contributed by atoms with Crippen LogP contribution in [0.2, 0.25) is 0 Å². The van der Waals surface area contributed by atoms with Crippen LogP contribution in [-0.2, 0) is 24.0 Å². The van der Waals surface area contributed by atoms with Crippen LogP contribution in [0.1, 0.15) is 25.5 Å². The van der Waals surface area contributed by atoms with E-state index >= 15 is 0 Å². The number of hydrogen-bond donors (Lipinski definition) is 1. The molecule has 0 spiro atoms. The maximum Gasteiger partial charge on any atom is 0.333 e. The molecule has 1 heterocycles. The van der Waals surface area contributed by atoms with Crippen LogP contribution >= 0.6 is 0 Å². The molecule has 0 saturated carbocycles. The van der Waals surface area contributed by atoms with Crippen LogP contribution in [0.3, 0.4) is 0 Å². The second-order valence-corrected chi connectivity index (χ2v) is 6.41. The standard InChI is InChI=1S/C12H16N2O7S/c1-12(2)20-10(7-19-22(13,17)18)11(21-12)8-5-3-4-6-9(8)14(15)16/h3-6,10-11H,7H2,1-2H3,(H2,13,17,18). The summed E-state index contributed by atoms with van der Waals surface area (Å²) < 4.78 is 37.6. The molecule has 122 valence electrons. The Morgan fingerprint density at radius 1 is 1.36 bits per heavy atom. The molecule has 2 atom stereocenters. The van der Waals surface area contributed by atoms with Gasteiger partial charge >= 0.3 is 10.3 Å². The smallest absolute Gasteiger partial charge is 0.333 e. The van der Waals surface area contributed by atoms with Crippen molar-refractivity contribution in [2.24, 2.45) is 5.14 Å². The largest absolute Gasteiger partial charge is 0.342 e. The van der Waals surface area contributed by atoms with E-state index in [1.165, 1.54) is 18.2 Å². The maximum atomic E-state index is 11.1. The van der Waals surface area contributed by atoms with Gasteiger partial charge in [-0.3, -0.25) is 14.3 Å². The molecule has 0 bridgehead atoms. The third-order valence-corrected chi connectivity index (χ3v) is 3.48. The number of rotatable bonds is 5. The van der Waals surface area contributed by atoms with Gasteiger partial charge in [0.05, 0.1) is 17.1 Å². The van der Waals surface area contributed by atoms with E-state index in [4.69, 9.17) is 14.6 Å². The summed E-state index contributed by atoms with van der Waals surface area (Å²) in [6.45, 7) is 2.83. The Labute approximate surface area is 127 Å². The quantitative estimate of drug-likeness (QED) is 0.628. The van der Waals surface area contributed by atoms with Gasteiger partial charge in [-0.1, -0.05) is 12.1 Å². The molecule has 2 rings (SSSR count). The van der Waals surface area contributed by atoms with Crippen molar-refractivity contribution in [1.29, 1.82) is 0 Å². The van der Waals surface area contributed by atoms with Gasteiger partial charge in [-0.2, -0.15) is 8.42 Å². The number of nitrogens with two attached hydrogens (primary N) is 1. The van der Waals surface area contributed by atoms with Gasteiger partial charge < -0.3 is 9.47 Å². The number of benzene rings is 1. The van der Waals surface area contributed by atoms with Gasteiger partial charge in [0.2, 0.25) is 0 Å². The van der Waals surface area contributed by atoms with Crippen molar-refractivity contribution >= 4 is 16.0 Å². The summed E-state index contributed by atoms with van der Waals surface area (Å²) >= 11 is 0. The molecule has 0 aliphatic carbocycles. The Kier molecular flexibility index (Phi) is 4.49. The van der Waals surface area contributed by atoms with Gasteiger partial charge in [0.15, 0.2) is 5.79 Å². The van der Waals surface area contributed by atoms with Crippen LogP contribution in [0, 0.1) is 10.1 Å². The summed E-state index contributed by atoms with van der Waals surface area (Å²) in [4.78, 5) is 10.6. The van der Waals surface area contributed by atoms with Crippen molar-refractivity contribution in [3.63, 3.8) is 0 Å². The van der Waals surface area contributed by atoms with Gasteiger partial charge in [0.1, 0.15) is 12.2 Å². The minimum absolute atomic E-state index is 0.144. The minimum atomic E-state index is -4.15. The van der Waals surface area contributed by atoms with Gasteiger partial charge in [0.25, 0.3) is 5.69 Å². The molecule has 1 aromatic rings. The Morgan fingerprint density at radius 2 is 2.00 bits per heavy atom. The van der Waals surface area contributed by atoms with Crippen LogP contribution in [0.4, 0.5) is 5.69 Å². The van der Waals surface area contributed by atoms with E-state index in [-0.39, 0.29) is 11.3 Å². The molecular formula is C12H16N2O7S. The van der Waals surface area contributed by atoms with Crippen LogP contribution < -0.4 is 5.14 Å². The van der Waals surface area contributed by atoms with Crippen LogP contribution in [0.15, 0.2) is 24.3 Å². The van der Waals surface area contributed by atoms with Crippen molar-refractivity contribution in [3.8, 4) is 0 Å². The highest BCUT2D eigenvalue weighted by molar-refractivity contribution is 7.84. The molecule has 1 aliphatic heterocycles. The summed E-state index contributed by atoms with van der Waals surface area (Å²) in [5.74, 6) is -1.04. The first kappa shape index (κ1) is 16.8. The number of para-hydroxylation sites is 1. The Balaban J connectivity index is 2.32. The SMILES string of the molecule is CC1(C)OC(COS(N)(=O)=O)C(c2ccccc2[N+](=O)[O-])O1. The number of hydrogen-bond acceptors (Lipinski definition) is 7. The van der Waals surface area contributed by atoms with Gasteiger partial charge in [-0.25, -0.2) is 5.14 Å². The molecular weight excluding hydrogens is 316 g/mol.